The molecule has 0 fully saturated rings. The molecule has 1 atom stereocenters. The van der Waals surface area contributed by atoms with Crippen molar-refractivity contribution in [2.45, 2.75) is 29.7 Å². The first-order valence-corrected chi connectivity index (χ1v) is 9.59. The van der Waals surface area contributed by atoms with Crippen LogP contribution in [0.4, 0.5) is 0 Å². The van der Waals surface area contributed by atoms with Gasteiger partial charge in [0.05, 0.1) is 9.79 Å². The molecule has 0 bridgehead atoms. The molecule has 0 saturated carbocycles. The summed E-state index contributed by atoms with van der Waals surface area (Å²) in [6.07, 6.45) is 0. The number of sulfonamides is 2. The van der Waals surface area contributed by atoms with Gasteiger partial charge in [-0.05, 0) is 24.1 Å². The standard InChI is InChI=1S/C13H20N2O6S2/c1-9(2)12(13(16)17)14-22(18,19)10-6-5-7-11(8-10)23(20,21)15(3)4/h5-9,12,14H,1-4H3,(H,16,17). The molecule has 0 amide bonds. The van der Waals surface area contributed by atoms with Gasteiger partial charge in [0, 0.05) is 14.1 Å². The lowest BCUT2D eigenvalue weighted by molar-refractivity contribution is -0.140. The Kier molecular flexibility index (Phi) is 5.91. The van der Waals surface area contributed by atoms with Crippen LogP contribution in [0, 0.1) is 5.92 Å². The van der Waals surface area contributed by atoms with E-state index in [-0.39, 0.29) is 9.79 Å². The number of carboxylic acids is 1. The molecule has 0 heterocycles. The minimum absolute atomic E-state index is 0.193. The third-order valence-corrected chi connectivity index (χ3v) is 6.36. The van der Waals surface area contributed by atoms with E-state index in [4.69, 9.17) is 5.11 Å². The average Bonchev–Trinajstić information content (AvgIpc) is 2.44. The fourth-order valence-electron chi connectivity index (χ4n) is 1.72. The van der Waals surface area contributed by atoms with Gasteiger partial charge in [0.15, 0.2) is 0 Å². The highest BCUT2D eigenvalue weighted by Gasteiger charge is 2.29. The first kappa shape index (κ1) is 19.6. The molecule has 0 aliphatic carbocycles. The molecule has 0 aliphatic rings. The van der Waals surface area contributed by atoms with Crippen molar-refractivity contribution in [1.82, 2.24) is 9.03 Å². The van der Waals surface area contributed by atoms with E-state index in [2.05, 4.69) is 4.72 Å². The van der Waals surface area contributed by atoms with E-state index in [1.165, 1.54) is 32.3 Å². The van der Waals surface area contributed by atoms with Crippen LogP contribution in [0.2, 0.25) is 0 Å². The summed E-state index contributed by atoms with van der Waals surface area (Å²) >= 11 is 0. The predicted octanol–water partition coefficient (Wildman–Crippen LogP) is 0.324. The summed E-state index contributed by atoms with van der Waals surface area (Å²) < 4.78 is 51.8. The number of nitrogens with zero attached hydrogens (tertiary/aromatic N) is 1. The summed E-state index contributed by atoms with van der Waals surface area (Å²) in [6.45, 7) is 3.13. The normalized spacial score (nSPS) is 14.2. The van der Waals surface area contributed by atoms with Crippen molar-refractivity contribution < 1.29 is 26.7 Å². The van der Waals surface area contributed by atoms with Crippen LogP contribution >= 0.6 is 0 Å². The fourth-order valence-corrected chi connectivity index (χ4v) is 4.13. The lowest BCUT2D eigenvalue weighted by Gasteiger charge is -2.18. The van der Waals surface area contributed by atoms with Gasteiger partial charge in [-0.25, -0.2) is 21.1 Å². The number of aliphatic carboxylic acids is 1. The van der Waals surface area contributed by atoms with E-state index >= 15 is 0 Å². The van der Waals surface area contributed by atoms with Gasteiger partial charge in [0.1, 0.15) is 6.04 Å². The van der Waals surface area contributed by atoms with E-state index in [0.717, 1.165) is 10.4 Å². The van der Waals surface area contributed by atoms with Crippen molar-refractivity contribution in [3.8, 4) is 0 Å². The van der Waals surface area contributed by atoms with E-state index in [1.807, 2.05) is 0 Å². The van der Waals surface area contributed by atoms with Crippen molar-refractivity contribution >= 4 is 26.0 Å². The van der Waals surface area contributed by atoms with Gasteiger partial charge in [-0.2, -0.15) is 4.72 Å². The highest BCUT2D eigenvalue weighted by molar-refractivity contribution is 7.90. The van der Waals surface area contributed by atoms with Crippen molar-refractivity contribution in [2.75, 3.05) is 14.1 Å². The van der Waals surface area contributed by atoms with Crippen LogP contribution in [0.3, 0.4) is 0 Å². The maximum Gasteiger partial charge on any atom is 0.322 e. The number of hydrogen-bond acceptors (Lipinski definition) is 5. The fraction of sp³-hybridized carbons (Fsp3) is 0.462. The van der Waals surface area contributed by atoms with Gasteiger partial charge >= 0.3 is 5.97 Å². The van der Waals surface area contributed by atoms with Crippen LogP contribution in [0.1, 0.15) is 13.8 Å². The summed E-state index contributed by atoms with van der Waals surface area (Å²) in [6, 6.07) is 3.45. The Labute approximate surface area is 136 Å². The topological polar surface area (TPSA) is 121 Å². The van der Waals surface area contributed by atoms with E-state index in [1.54, 1.807) is 13.8 Å². The molecule has 1 rings (SSSR count). The monoisotopic (exact) mass is 364 g/mol. The molecule has 130 valence electrons. The van der Waals surface area contributed by atoms with Crippen molar-refractivity contribution in [3.63, 3.8) is 0 Å². The van der Waals surface area contributed by atoms with E-state index < -0.39 is 38.0 Å². The number of carboxylic acid groups (broad SMARTS) is 1. The summed E-state index contributed by atoms with van der Waals surface area (Å²) in [5.74, 6) is -1.78. The zero-order chi connectivity index (χ0) is 18.0. The molecule has 0 saturated heterocycles. The first-order valence-electron chi connectivity index (χ1n) is 6.67. The van der Waals surface area contributed by atoms with Crippen molar-refractivity contribution in [1.29, 1.82) is 0 Å². The average molecular weight is 364 g/mol. The molecule has 0 aromatic heterocycles. The van der Waals surface area contributed by atoms with E-state index in [9.17, 15) is 21.6 Å². The highest BCUT2D eigenvalue weighted by atomic mass is 32.2. The molecule has 8 nitrogen and oxygen atoms in total. The second-order valence-corrected chi connectivity index (χ2v) is 9.31. The quantitative estimate of drug-likeness (QED) is 0.719. The van der Waals surface area contributed by atoms with Crippen LogP contribution in [-0.4, -0.2) is 52.4 Å². The third-order valence-electron chi connectivity index (χ3n) is 3.11. The minimum Gasteiger partial charge on any atom is -0.480 e. The van der Waals surface area contributed by atoms with Gasteiger partial charge in [-0.3, -0.25) is 4.79 Å². The largest absolute Gasteiger partial charge is 0.480 e. The number of hydrogen-bond donors (Lipinski definition) is 2. The Morgan fingerprint density at radius 2 is 1.65 bits per heavy atom. The molecule has 1 aromatic rings. The zero-order valence-electron chi connectivity index (χ0n) is 13.2. The minimum atomic E-state index is -4.17. The van der Waals surface area contributed by atoms with E-state index in [0.29, 0.717) is 0 Å². The van der Waals surface area contributed by atoms with Gasteiger partial charge in [-0.15, -0.1) is 0 Å². The zero-order valence-corrected chi connectivity index (χ0v) is 14.8. The lowest BCUT2D eigenvalue weighted by Crippen LogP contribution is -2.44. The van der Waals surface area contributed by atoms with Crippen LogP contribution in [0.15, 0.2) is 34.1 Å². The molecular weight excluding hydrogens is 344 g/mol. The van der Waals surface area contributed by atoms with Crippen molar-refractivity contribution in [3.05, 3.63) is 24.3 Å². The number of rotatable bonds is 7. The summed E-state index contributed by atoms with van der Waals surface area (Å²) in [5.41, 5.74) is 0. The molecular formula is C13H20N2O6S2. The molecule has 10 heteroatoms. The second-order valence-electron chi connectivity index (χ2n) is 5.44. The van der Waals surface area contributed by atoms with Crippen LogP contribution in [0.25, 0.3) is 0 Å². The first-order chi connectivity index (χ1) is 10.4. The molecule has 0 radical (unpaired) electrons. The molecule has 0 aliphatic heterocycles. The molecule has 1 aromatic carbocycles. The maximum absolute atomic E-state index is 12.3. The summed E-state index contributed by atoms with van der Waals surface area (Å²) in [4.78, 5) is 10.6. The van der Waals surface area contributed by atoms with Gasteiger partial charge in [0.2, 0.25) is 20.0 Å². The lowest BCUT2D eigenvalue weighted by atomic mass is 10.1. The molecule has 23 heavy (non-hydrogen) atoms. The Morgan fingerprint density at radius 3 is 2.09 bits per heavy atom. The van der Waals surface area contributed by atoms with Crippen molar-refractivity contribution in [2.24, 2.45) is 5.92 Å². The van der Waals surface area contributed by atoms with Crippen LogP contribution in [-0.2, 0) is 24.8 Å². The Bertz CT molecular complexity index is 784. The predicted molar refractivity (Wildman–Crippen MR) is 83.9 cm³/mol. The summed E-state index contributed by atoms with van der Waals surface area (Å²) in [5, 5.41) is 9.08. The smallest absolute Gasteiger partial charge is 0.322 e. The Morgan fingerprint density at radius 1 is 1.13 bits per heavy atom. The van der Waals surface area contributed by atoms with Crippen LogP contribution < -0.4 is 4.72 Å². The Balaban J connectivity index is 3.28. The Hall–Kier alpha value is -1.49. The van der Waals surface area contributed by atoms with Gasteiger partial charge in [-0.1, -0.05) is 19.9 Å². The molecule has 1 unspecified atom stereocenters. The second kappa shape index (κ2) is 6.95. The number of nitrogens with one attached hydrogen (secondary N) is 1. The van der Waals surface area contributed by atoms with Gasteiger partial charge < -0.3 is 5.11 Å². The maximum atomic E-state index is 12.3. The summed E-state index contributed by atoms with van der Waals surface area (Å²) in [7, 11) is -5.31. The molecule has 0 spiro atoms. The third kappa shape index (κ3) is 4.50. The van der Waals surface area contributed by atoms with Gasteiger partial charge in [0.25, 0.3) is 0 Å². The van der Waals surface area contributed by atoms with Crippen LogP contribution in [0.5, 0.6) is 0 Å². The number of carbonyl (C=O) groups is 1. The molecule has 2 N–H and O–H groups in total. The SMILES string of the molecule is CC(C)C(NS(=O)(=O)c1cccc(S(=O)(=O)N(C)C)c1)C(=O)O. The number of benzene rings is 1. The highest BCUT2D eigenvalue weighted by Crippen LogP contribution is 2.19.